The van der Waals surface area contributed by atoms with Gasteiger partial charge in [0.2, 0.25) is 5.91 Å². The van der Waals surface area contributed by atoms with Crippen LogP contribution in [0.3, 0.4) is 0 Å². The van der Waals surface area contributed by atoms with E-state index in [1.54, 1.807) is 18.2 Å². The molecule has 1 fully saturated rings. The third-order valence-corrected chi connectivity index (χ3v) is 3.64. The molecule has 1 amide bonds. The van der Waals surface area contributed by atoms with Gasteiger partial charge in [-0.15, -0.1) is 0 Å². The second-order valence-corrected chi connectivity index (χ2v) is 4.97. The summed E-state index contributed by atoms with van der Waals surface area (Å²) in [5.41, 5.74) is 12.8. The molecule has 1 saturated heterocycles. The van der Waals surface area contributed by atoms with Gasteiger partial charge in [0.1, 0.15) is 0 Å². The summed E-state index contributed by atoms with van der Waals surface area (Å²) >= 11 is 0. The van der Waals surface area contributed by atoms with E-state index in [4.69, 9.17) is 16.2 Å². The van der Waals surface area contributed by atoms with E-state index < -0.39 is 5.91 Å². The van der Waals surface area contributed by atoms with Crippen molar-refractivity contribution in [3.8, 4) is 0 Å². The van der Waals surface area contributed by atoms with Crippen LogP contribution < -0.4 is 16.8 Å². The van der Waals surface area contributed by atoms with Crippen molar-refractivity contribution in [1.29, 1.82) is 0 Å². The molecule has 2 rings (SSSR count). The molecule has 1 aromatic rings. The lowest BCUT2D eigenvalue weighted by Gasteiger charge is -2.30. The number of rotatable bonds is 3. The lowest BCUT2D eigenvalue weighted by molar-refractivity contribution is 0.100. The fraction of sp³-hybridized carbons (Fsp3) is 0.462. The molecule has 18 heavy (non-hydrogen) atoms. The van der Waals surface area contributed by atoms with Crippen LogP contribution in [0.15, 0.2) is 18.2 Å². The Hall–Kier alpha value is -1.75. The minimum atomic E-state index is -0.459. The molecule has 1 aliphatic heterocycles. The van der Waals surface area contributed by atoms with E-state index in [1.165, 1.54) is 0 Å². The Morgan fingerprint density at radius 1 is 1.56 bits per heavy atom. The number of primary amides is 1. The summed E-state index contributed by atoms with van der Waals surface area (Å²) in [6.45, 7) is 4.83. The summed E-state index contributed by atoms with van der Waals surface area (Å²) < 4.78 is 5.56. The standard InChI is InChI=1S/C13H19N3O2/c1-8-13(2,5-6-18-8)16-11-7-9(12(15)17)3-4-10(11)14/h3-4,7-8,16H,5-6,14H2,1-2H3,(H2,15,17). The summed E-state index contributed by atoms with van der Waals surface area (Å²) in [5, 5.41) is 3.37. The fourth-order valence-corrected chi connectivity index (χ4v) is 2.12. The summed E-state index contributed by atoms with van der Waals surface area (Å²) in [5.74, 6) is -0.459. The van der Waals surface area contributed by atoms with Gasteiger partial charge in [-0.1, -0.05) is 0 Å². The molecule has 0 spiro atoms. The molecule has 98 valence electrons. The van der Waals surface area contributed by atoms with Crippen molar-refractivity contribution in [2.75, 3.05) is 17.7 Å². The lowest BCUT2D eigenvalue weighted by Crippen LogP contribution is -2.41. The van der Waals surface area contributed by atoms with Gasteiger partial charge in [-0.2, -0.15) is 0 Å². The van der Waals surface area contributed by atoms with Crippen LogP contribution in [-0.4, -0.2) is 24.2 Å². The molecular formula is C13H19N3O2. The zero-order chi connectivity index (χ0) is 13.3. The van der Waals surface area contributed by atoms with Crippen LogP contribution in [0, 0.1) is 0 Å². The maximum Gasteiger partial charge on any atom is 0.248 e. The van der Waals surface area contributed by atoms with E-state index in [0.29, 0.717) is 11.3 Å². The van der Waals surface area contributed by atoms with Gasteiger partial charge in [-0.3, -0.25) is 4.79 Å². The van der Waals surface area contributed by atoms with Crippen LogP contribution in [-0.2, 0) is 4.74 Å². The van der Waals surface area contributed by atoms with Crippen molar-refractivity contribution < 1.29 is 9.53 Å². The maximum absolute atomic E-state index is 11.2. The third kappa shape index (κ3) is 2.26. The Balaban J connectivity index is 2.28. The lowest BCUT2D eigenvalue weighted by atomic mass is 9.94. The number of nitrogens with two attached hydrogens (primary N) is 2. The molecule has 1 heterocycles. The first kappa shape index (κ1) is 12.7. The predicted octanol–water partition coefficient (Wildman–Crippen LogP) is 1.35. The van der Waals surface area contributed by atoms with Crippen LogP contribution in [0.5, 0.6) is 0 Å². The number of nitrogen functional groups attached to an aromatic ring is 1. The van der Waals surface area contributed by atoms with Crippen molar-refractivity contribution in [2.45, 2.75) is 31.9 Å². The quantitative estimate of drug-likeness (QED) is 0.705. The maximum atomic E-state index is 11.2. The average Bonchev–Trinajstić information content (AvgIpc) is 2.62. The summed E-state index contributed by atoms with van der Waals surface area (Å²) in [7, 11) is 0. The highest BCUT2D eigenvalue weighted by Gasteiger charge is 2.37. The molecule has 1 aromatic carbocycles. The van der Waals surface area contributed by atoms with Crippen LogP contribution in [0.2, 0.25) is 0 Å². The molecule has 0 aliphatic carbocycles. The Bertz CT molecular complexity index is 475. The zero-order valence-electron chi connectivity index (χ0n) is 10.7. The summed E-state index contributed by atoms with van der Waals surface area (Å²) in [6.07, 6.45) is 0.989. The van der Waals surface area contributed by atoms with Gasteiger partial charge >= 0.3 is 0 Å². The summed E-state index contributed by atoms with van der Waals surface area (Å²) in [6, 6.07) is 5.00. The number of carbonyl (C=O) groups excluding carboxylic acids is 1. The van der Waals surface area contributed by atoms with Gasteiger partial charge in [-0.25, -0.2) is 0 Å². The highest BCUT2D eigenvalue weighted by molar-refractivity contribution is 5.95. The molecule has 2 unspecified atom stereocenters. The number of hydrogen-bond donors (Lipinski definition) is 3. The van der Waals surface area contributed by atoms with E-state index in [2.05, 4.69) is 12.2 Å². The van der Waals surface area contributed by atoms with E-state index in [0.717, 1.165) is 18.7 Å². The molecule has 5 nitrogen and oxygen atoms in total. The monoisotopic (exact) mass is 249 g/mol. The van der Waals surface area contributed by atoms with Crippen LogP contribution in [0.4, 0.5) is 11.4 Å². The number of amides is 1. The number of hydrogen-bond acceptors (Lipinski definition) is 4. The smallest absolute Gasteiger partial charge is 0.248 e. The highest BCUT2D eigenvalue weighted by atomic mass is 16.5. The van der Waals surface area contributed by atoms with E-state index >= 15 is 0 Å². The van der Waals surface area contributed by atoms with Gasteiger partial charge in [0.05, 0.1) is 23.0 Å². The number of ether oxygens (including phenoxy) is 1. The van der Waals surface area contributed by atoms with E-state index in [-0.39, 0.29) is 11.6 Å². The molecule has 0 bridgehead atoms. The number of benzene rings is 1. The molecule has 1 aliphatic rings. The van der Waals surface area contributed by atoms with E-state index in [9.17, 15) is 4.79 Å². The number of anilines is 2. The molecule has 0 aromatic heterocycles. The first-order valence-corrected chi connectivity index (χ1v) is 6.01. The Morgan fingerprint density at radius 2 is 2.28 bits per heavy atom. The molecule has 0 saturated carbocycles. The molecule has 5 N–H and O–H groups in total. The average molecular weight is 249 g/mol. The van der Waals surface area contributed by atoms with Crippen molar-refractivity contribution >= 4 is 17.3 Å². The largest absolute Gasteiger partial charge is 0.397 e. The molecular weight excluding hydrogens is 230 g/mol. The molecule has 2 atom stereocenters. The first-order valence-electron chi connectivity index (χ1n) is 6.01. The van der Waals surface area contributed by atoms with Crippen molar-refractivity contribution in [2.24, 2.45) is 5.73 Å². The predicted molar refractivity (Wildman–Crippen MR) is 71.4 cm³/mol. The Kier molecular flexibility index (Phi) is 3.17. The third-order valence-electron chi connectivity index (χ3n) is 3.64. The topological polar surface area (TPSA) is 90.4 Å². The molecule has 0 radical (unpaired) electrons. The Labute approximate surface area is 106 Å². The SMILES string of the molecule is CC1OCCC1(C)Nc1cc(C(N)=O)ccc1N. The number of nitrogens with one attached hydrogen (secondary N) is 1. The number of carbonyl (C=O) groups is 1. The molecule has 5 heteroatoms. The zero-order valence-corrected chi connectivity index (χ0v) is 10.7. The van der Waals surface area contributed by atoms with Crippen molar-refractivity contribution in [1.82, 2.24) is 0 Å². The van der Waals surface area contributed by atoms with E-state index in [1.807, 2.05) is 6.92 Å². The van der Waals surface area contributed by atoms with Gasteiger partial charge in [0, 0.05) is 12.2 Å². The van der Waals surface area contributed by atoms with Crippen LogP contribution >= 0.6 is 0 Å². The van der Waals surface area contributed by atoms with Gasteiger partial charge in [0.25, 0.3) is 0 Å². The normalized spacial score (nSPS) is 27.1. The minimum Gasteiger partial charge on any atom is -0.397 e. The van der Waals surface area contributed by atoms with Crippen LogP contribution in [0.25, 0.3) is 0 Å². The van der Waals surface area contributed by atoms with Crippen molar-refractivity contribution in [3.63, 3.8) is 0 Å². The highest BCUT2D eigenvalue weighted by Crippen LogP contribution is 2.32. The Morgan fingerprint density at radius 3 is 2.83 bits per heavy atom. The first-order chi connectivity index (χ1) is 8.42. The fourth-order valence-electron chi connectivity index (χ4n) is 2.12. The summed E-state index contributed by atoms with van der Waals surface area (Å²) in [4.78, 5) is 11.2. The van der Waals surface area contributed by atoms with Gasteiger partial charge in [0.15, 0.2) is 0 Å². The van der Waals surface area contributed by atoms with Crippen LogP contribution in [0.1, 0.15) is 30.6 Å². The minimum absolute atomic E-state index is 0.0918. The van der Waals surface area contributed by atoms with Gasteiger partial charge < -0.3 is 21.5 Å². The second kappa shape index (κ2) is 4.49. The second-order valence-electron chi connectivity index (χ2n) is 4.97. The van der Waals surface area contributed by atoms with Crippen molar-refractivity contribution in [3.05, 3.63) is 23.8 Å². The van der Waals surface area contributed by atoms with Gasteiger partial charge in [-0.05, 0) is 38.5 Å².